The van der Waals surface area contributed by atoms with Gasteiger partial charge in [-0.15, -0.1) is 0 Å². The van der Waals surface area contributed by atoms with Crippen LogP contribution >= 0.6 is 0 Å². The Hall–Kier alpha value is -1.62. The van der Waals surface area contributed by atoms with E-state index in [1.807, 2.05) is 0 Å². The van der Waals surface area contributed by atoms with Crippen LogP contribution < -0.4 is 5.32 Å². The Labute approximate surface area is 113 Å². The van der Waals surface area contributed by atoms with E-state index in [-0.39, 0.29) is 5.56 Å². The standard InChI is InChI=1S/C14H21N3O2/c1-11(17-7-3-2-4-8-17)9-16-13-5-6-15-10-12(13)14(18)19/h5-6,10-11H,2-4,7-9H2,1H3,(H,15,16)(H,18,19). The Morgan fingerprint density at radius 2 is 2.21 bits per heavy atom. The quantitative estimate of drug-likeness (QED) is 0.851. The Balaban J connectivity index is 1.92. The summed E-state index contributed by atoms with van der Waals surface area (Å²) in [5.41, 5.74) is 0.875. The molecule has 0 aromatic carbocycles. The van der Waals surface area contributed by atoms with Gasteiger partial charge in [-0.3, -0.25) is 9.88 Å². The van der Waals surface area contributed by atoms with Crippen molar-refractivity contribution in [2.75, 3.05) is 25.0 Å². The van der Waals surface area contributed by atoms with Gasteiger partial charge in [-0.05, 0) is 38.9 Å². The van der Waals surface area contributed by atoms with Gasteiger partial charge in [0.25, 0.3) is 0 Å². The van der Waals surface area contributed by atoms with Gasteiger partial charge in [0.05, 0.1) is 5.69 Å². The van der Waals surface area contributed by atoms with Gasteiger partial charge in [0.2, 0.25) is 0 Å². The number of aromatic carboxylic acids is 1. The average molecular weight is 263 g/mol. The van der Waals surface area contributed by atoms with Crippen LogP contribution in [-0.4, -0.2) is 46.6 Å². The molecule has 2 N–H and O–H groups in total. The number of hydrogen-bond donors (Lipinski definition) is 2. The monoisotopic (exact) mass is 263 g/mol. The van der Waals surface area contributed by atoms with Crippen molar-refractivity contribution in [3.8, 4) is 0 Å². The zero-order valence-electron chi connectivity index (χ0n) is 11.3. The molecule has 1 saturated heterocycles. The summed E-state index contributed by atoms with van der Waals surface area (Å²) >= 11 is 0. The average Bonchev–Trinajstić information content (AvgIpc) is 2.46. The number of nitrogens with one attached hydrogen (secondary N) is 1. The van der Waals surface area contributed by atoms with Crippen LogP contribution in [0.2, 0.25) is 0 Å². The minimum atomic E-state index is -0.943. The highest BCUT2D eigenvalue weighted by Gasteiger charge is 2.17. The highest BCUT2D eigenvalue weighted by Crippen LogP contribution is 2.16. The Morgan fingerprint density at radius 1 is 1.47 bits per heavy atom. The van der Waals surface area contributed by atoms with Crippen LogP contribution in [0, 0.1) is 0 Å². The summed E-state index contributed by atoms with van der Waals surface area (Å²) in [7, 11) is 0. The predicted octanol–water partition coefficient (Wildman–Crippen LogP) is 2.07. The number of carboxylic acid groups (broad SMARTS) is 1. The molecule has 5 heteroatoms. The molecule has 2 rings (SSSR count). The van der Waals surface area contributed by atoms with E-state index in [2.05, 4.69) is 22.1 Å². The summed E-state index contributed by atoms with van der Waals surface area (Å²) < 4.78 is 0. The number of carboxylic acids is 1. The molecule has 2 heterocycles. The van der Waals surface area contributed by atoms with E-state index in [0.29, 0.717) is 11.7 Å². The van der Waals surface area contributed by atoms with Crippen LogP contribution in [0.25, 0.3) is 0 Å². The fraction of sp³-hybridized carbons (Fsp3) is 0.571. The van der Waals surface area contributed by atoms with E-state index in [1.165, 1.54) is 25.5 Å². The van der Waals surface area contributed by atoms with E-state index in [0.717, 1.165) is 19.6 Å². The Bertz CT molecular complexity index is 430. The lowest BCUT2D eigenvalue weighted by Crippen LogP contribution is -2.41. The number of anilines is 1. The summed E-state index contributed by atoms with van der Waals surface area (Å²) in [6, 6.07) is 2.13. The maximum atomic E-state index is 11.1. The summed E-state index contributed by atoms with van der Waals surface area (Å²) in [5.74, 6) is -0.943. The van der Waals surface area contributed by atoms with Crippen molar-refractivity contribution in [3.05, 3.63) is 24.0 Å². The molecule has 1 aliphatic heterocycles. The maximum Gasteiger partial charge on any atom is 0.339 e. The lowest BCUT2D eigenvalue weighted by atomic mass is 10.1. The van der Waals surface area contributed by atoms with E-state index in [1.54, 1.807) is 12.3 Å². The summed E-state index contributed by atoms with van der Waals surface area (Å²) in [6.45, 7) is 5.22. The molecular weight excluding hydrogens is 242 g/mol. The van der Waals surface area contributed by atoms with Crippen LogP contribution in [0.4, 0.5) is 5.69 Å². The first kappa shape index (κ1) is 13.8. The topological polar surface area (TPSA) is 65.5 Å². The van der Waals surface area contributed by atoms with Gasteiger partial charge in [-0.2, -0.15) is 0 Å². The molecule has 5 nitrogen and oxygen atoms in total. The van der Waals surface area contributed by atoms with Gasteiger partial charge in [-0.1, -0.05) is 6.42 Å². The van der Waals surface area contributed by atoms with Crippen molar-refractivity contribution >= 4 is 11.7 Å². The molecule has 19 heavy (non-hydrogen) atoms. The number of likely N-dealkylation sites (tertiary alicyclic amines) is 1. The van der Waals surface area contributed by atoms with Gasteiger partial charge in [0.15, 0.2) is 0 Å². The molecule has 1 aromatic heterocycles. The minimum absolute atomic E-state index is 0.230. The molecule has 0 bridgehead atoms. The number of carbonyl (C=O) groups is 1. The van der Waals surface area contributed by atoms with Crippen LogP contribution in [-0.2, 0) is 0 Å². The van der Waals surface area contributed by atoms with Gasteiger partial charge in [0.1, 0.15) is 5.56 Å². The molecule has 0 amide bonds. The van der Waals surface area contributed by atoms with Crippen molar-refractivity contribution in [2.24, 2.45) is 0 Å². The summed E-state index contributed by atoms with van der Waals surface area (Å²) in [6.07, 6.45) is 6.85. The number of aromatic nitrogens is 1. The van der Waals surface area contributed by atoms with Gasteiger partial charge in [0, 0.05) is 25.0 Å². The SMILES string of the molecule is CC(CNc1ccncc1C(=O)O)N1CCCCC1. The van der Waals surface area contributed by atoms with Crippen LogP contribution in [0.1, 0.15) is 36.5 Å². The first-order valence-electron chi connectivity index (χ1n) is 6.83. The lowest BCUT2D eigenvalue weighted by Gasteiger charge is -2.32. The number of hydrogen-bond acceptors (Lipinski definition) is 4. The third-order valence-corrected chi connectivity index (χ3v) is 3.65. The molecule has 0 radical (unpaired) electrons. The number of pyridine rings is 1. The molecule has 1 atom stereocenters. The highest BCUT2D eigenvalue weighted by atomic mass is 16.4. The van der Waals surface area contributed by atoms with Crippen LogP contribution in [0.3, 0.4) is 0 Å². The Kier molecular flexibility index (Phi) is 4.74. The molecule has 1 aromatic rings. The van der Waals surface area contributed by atoms with Gasteiger partial charge < -0.3 is 10.4 Å². The molecule has 1 unspecified atom stereocenters. The fourth-order valence-corrected chi connectivity index (χ4v) is 2.46. The van der Waals surface area contributed by atoms with Gasteiger partial charge in [-0.25, -0.2) is 4.79 Å². The second-order valence-electron chi connectivity index (χ2n) is 5.05. The van der Waals surface area contributed by atoms with Crippen molar-refractivity contribution in [1.29, 1.82) is 0 Å². The normalized spacial score (nSPS) is 17.9. The van der Waals surface area contributed by atoms with Crippen LogP contribution in [0.15, 0.2) is 18.5 Å². The second kappa shape index (κ2) is 6.52. The number of rotatable bonds is 5. The van der Waals surface area contributed by atoms with E-state index in [9.17, 15) is 4.79 Å². The lowest BCUT2D eigenvalue weighted by molar-refractivity contribution is 0.0697. The highest BCUT2D eigenvalue weighted by molar-refractivity contribution is 5.93. The number of piperidine rings is 1. The Morgan fingerprint density at radius 3 is 2.89 bits per heavy atom. The first-order valence-corrected chi connectivity index (χ1v) is 6.83. The first-order chi connectivity index (χ1) is 9.18. The molecule has 0 spiro atoms. The zero-order valence-corrected chi connectivity index (χ0v) is 11.3. The third-order valence-electron chi connectivity index (χ3n) is 3.65. The van der Waals surface area contributed by atoms with E-state index in [4.69, 9.17) is 5.11 Å². The maximum absolute atomic E-state index is 11.1. The molecule has 1 aliphatic rings. The van der Waals surface area contributed by atoms with Crippen molar-refractivity contribution in [2.45, 2.75) is 32.2 Å². The van der Waals surface area contributed by atoms with E-state index < -0.39 is 5.97 Å². The predicted molar refractivity (Wildman–Crippen MR) is 74.6 cm³/mol. The van der Waals surface area contributed by atoms with Crippen LogP contribution in [0.5, 0.6) is 0 Å². The zero-order chi connectivity index (χ0) is 13.7. The molecule has 104 valence electrons. The van der Waals surface area contributed by atoms with E-state index >= 15 is 0 Å². The summed E-state index contributed by atoms with van der Waals surface area (Å²) in [4.78, 5) is 17.4. The second-order valence-corrected chi connectivity index (χ2v) is 5.05. The molecule has 0 saturated carbocycles. The fourth-order valence-electron chi connectivity index (χ4n) is 2.46. The van der Waals surface area contributed by atoms with Gasteiger partial charge >= 0.3 is 5.97 Å². The minimum Gasteiger partial charge on any atom is -0.478 e. The number of nitrogens with zero attached hydrogens (tertiary/aromatic N) is 2. The molecular formula is C14H21N3O2. The third kappa shape index (κ3) is 3.67. The largest absolute Gasteiger partial charge is 0.478 e. The smallest absolute Gasteiger partial charge is 0.339 e. The molecule has 1 fully saturated rings. The summed E-state index contributed by atoms with van der Waals surface area (Å²) in [5, 5.41) is 12.3. The molecule has 0 aliphatic carbocycles. The van der Waals surface area contributed by atoms with Crippen molar-refractivity contribution in [1.82, 2.24) is 9.88 Å². The van der Waals surface area contributed by atoms with Crippen molar-refractivity contribution in [3.63, 3.8) is 0 Å². The van der Waals surface area contributed by atoms with Crippen molar-refractivity contribution < 1.29 is 9.90 Å².